The highest BCUT2D eigenvalue weighted by atomic mass is 16.3. The van der Waals surface area contributed by atoms with Crippen LogP contribution in [0.5, 0.6) is 0 Å². The molecule has 2 unspecified atom stereocenters. The van der Waals surface area contributed by atoms with Crippen LogP contribution in [0.25, 0.3) is 0 Å². The third-order valence-electron chi connectivity index (χ3n) is 2.88. The van der Waals surface area contributed by atoms with Gasteiger partial charge >= 0.3 is 0 Å². The van der Waals surface area contributed by atoms with Gasteiger partial charge in [0, 0.05) is 38.4 Å². The average molecular weight is 224 g/mol. The second kappa shape index (κ2) is 4.63. The molecule has 0 radical (unpaired) electrons. The predicted octanol–water partition coefficient (Wildman–Crippen LogP) is -1.02. The first-order chi connectivity index (χ1) is 7.72. The lowest BCUT2D eigenvalue weighted by Gasteiger charge is -2.16. The van der Waals surface area contributed by atoms with Crippen LogP contribution < -0.4 is 5.73 Å². The van der Waals surface area contributed by atoms with Crippen LogP contribution in [0, 0.1) is 0 Å². The number of aromatic nitrogens is 2. The van der Waals surface area contributed by atoms with Gasteiger partial charge in [-0.25, -0.2) is 4.98 Å². The number of rotatable bonds is 3. The Bertz CT molecular complexity index is 352. The fourth-order valence-electron chi connectivity index (χ4n) is 2.01. The molecular weight excluding hydrogens is 208 g/mol. The van der Waals surface area contributed by atoms with Gasteiger partial charge < -0.3 is 20.3 Å². The predicted molar refractivity (Wildman–Crippen MR) is 57.5 cm³/mol. The van der Waals surface area contributed by atoms with Crippen molar-refractivity contribution in [1.29, 1.82) is 0 Å². The van der Waals surface area contributed by atoms with Crippen LogP contribution in [-0.4, -0.2) is 51.2 Å². The van der Waals surface area contributed by atoms with Gasteiger partial charge in [0.25, 0.3) is 0 Å². The van der Waals surface area contributed by atoms with Crippen LogP contribution in [0.15, 0.2) is 18.7 Å². The Morgan fingerprint density at radius 2 is 2.38 bits per heavy atom. The van der Waals surface area contributed by atoms with Crippen molar-refractivity contribution >= 4 is 5.91 Å². The van der Waals surface area contributed by atoms with Crippen molar-refractivity contribution in [2.45, 2.75) is 18.6 Å². The van der Waals surface area contributed by atoms with E-state index in [-0.39, 0.29) is 11.9 Å². The number of likely N-dealkylation sites (tertiary alicyclic amines) is 1. The summed E-state index contributed by atoms with van der Waals surface area (Å²) in [6.45, 7) is 1.25. The topological polar surface area (TPSA) is 84.4 Å². The minimum absolute atomic E-state index is 0.00386. The van der Waals surface area contributed by atoms with Crippen molar-refractivity contribution < 1.29 is 9.90 Å². The zero-order valence-electron chi connectivity index (χ0n) is 8.99. The molecule has 1 aliphatic heterocycles. The minimum atomic E-state index is -0.532. The molecule has 0 aromatic carbocycles. The number of carbonyl (C=O) groups excluding carboxylic acids is 1. The van der Waals surface area contributed by atoms with Crippen LogP contribution >= 0.6 is 0 Å². The lowest BCUT2D eigenvalue weighted by atomic mass is 10.2. The molecule has 1 fully saturated rings. The molecule has 1 amide bonds. The second-order valence-electron chi connectivity index (χ2n) is 3.98. The number of nitrogens with two attached hydrogens (primary N) is 1. The van der Waals surface area contributed by atoms with Crippen molar-refractivity contribution in [3.05, 3.63) is 18.7 Å². The molecular formula is C10H16N4O2. The fourth-order valence-corrected chi connectivity index (χ4v) is 2.01. The summed E-state index contributed by atoms with van der Waals surface area (Å²) in [5.41, 5.74) is 5.34. The molecule has 1 aromatic heterocycles. The maximum absolute atomic E-state index is 11.6. The monoisotopic (exact) mass is 224 g/mol. The summed E-state index contributed by atoms with van der Waals surface area (Å²) >= 11 is 0. The lowest BCUT2D eigenvalue weighted by molar-refractivity contribution is -0.130. The molecule has 88 valence electrons. The van der Waals surface area contributed by atoms with E-state index in [1.807, 2.05) is 4.57 Å². The average Bonchev–Trinajstić information content (AvgIpc) is 2.86. The number of imidazole rings is 1. The van der Waals surface area contributed by atoms with Crippen molar-refractivity contribution in [2.24, 2.45) is 5.73 Å². The van der Waals surface area contributed by atoms with Crippen LogP contribution in [0.1, 0.15) is 12.5 Å². The molecule has 3 N–H and O–H groups in total. The van der Waals surface area contributed by atoms with Gasteiger partial charge in [-0.2, -0.15) is 0 Å². The number of carbonyl (C=O) groups is 1. The van der Waals surface area contributed by atoms with E-state index in [1.54, 1.807) is 23.6 Å². The van der Waals surface area contributed by atoms with Crippen molar-refractivity contribution in [3.63, 3.8) is 0 Å². The van der Waals surface area contributed by atoms with Gasteiger partial charge in [0.15, 0.2) is 0 Å². The molecule has 1 aliphatic rings. The summed E-state index contributed by atoms with van der Waals surface area (Å²) in [5, 5.41) is 9.87. The highest BCUT2D eigenvalue weighted by Crippen LogP contribution is 2.22. The summed E-state index contributed by atoms with van der Waals surface area (Å²) in [6.07, 6.45) is 4.92. The molecule has 0 spiro atoms. The van der Waals surface area contributed by atoms with E-state index in [2.05, 4.69) is 4.98 Å². The van der Waals surface area contributed by atoms with E-state index >= 15 is 0 Å². The molecule has 6 nitrogen and oxygen atoms in total. The van der Waals surface area contributed by atoms with E-state index in [4.69, 9.17) is 5.73 Å². The van der Waals surface area contributed by atoms with Gasteiger partial charge in [0.05, 0.1) is 18.5 Å². The molecule has 2 heterocycles. The molecule has 1 aromatic rings. The Labute approximate surface area is 93.7 Å². The van der Waals surface area contributed by atoms with Gasteiger partial charge in [-0.3, -0.25) is 4.79 Å². The fraction of sp³-hybridized carbons (Fsp3) is 0.600. The van der Waals surface area contributed by atoms with E-state index in [0.717, 1.165) is 0 Å². The third-order valence-corrected chi connectivity index (χ3v) is 2.88. The highest BCUT2D eigenvalue weighted by Gasteiger charge is 2.34. The van der Waals surface area contributed by atoms with Gasteiger partial charge in [0.1, 0.15) is 0 Å². The van der Waals surface area contributed by atoms with Gasteiger partial charge in [0.2, 0.25) is 5.91 Å². The van der Waals surface area contributed by atoms with E-state index in [9.17, 15) is 9.90 Å². The van der Waals surface area contributed by atoms with E-state index in [0.29, 0.717) is 26.1 Å². The molecule has 0 bridgehead atoms. The molecule has 1 saturated heterocycles. The van der Waals surface area contributed by atoms with Gasteiger partial charge in [-0.15, -0.1) is 0 Å². The molecule has 6 heteroatoms. The molecule has 2 atom stereocenters. The number of amides is 1. The maximum atomic E-state index is 11.6. The van der Waals surface area contributed by atoms with Crippen molar-refractivity contribution in [2.75, 3.05) is 19.6 Å². The van der Waals surface area contributed by atoms with E-state index < -0.39 is 6.10 Å². The summed E-state index contributed by atoms with van der Waals surface area (Å²) < 4.78 is 1.83. The minimum Gasteiger partial charge on any atom is -0.389 e. The standard InChI is InChI=1S/C10H16N4O2/c11-2-1-10(16)14-5-8(9(15)6-14)13-4-3-12-7-13/h3-4,7-9,15H,1-2,5-6,11H2. The maximum Gasteiger partial charge on any atom is 0.224 e. The van der Waals surface area contributed by atoms with Crippen LogP contribution in [0.2, 0.25) is 0 Å². The Morgan fingerprint density at radius 1 is 1.56 bits per heavy atom. The summed E-state index contributed by atoms with van der Waals surface area (Å²) in [6, 6.07) is -0.0933. The van der Waals surface area contributed by atoms with Crippen molar-refractivity contribution in [1.82, 2.24) is 14.5 Å². The molecule has 0 aliphatic carbocycles. The third kappa shape index (κ3) is 2.07. The zero-order valence-corrected chi connectivity index (χ0v) is 8.99. The zero-order chi connectivity index (χ0) is 11.5. The number of hydrogen-bond acceptors (Lipinski definition) is 4. The number of nitrogens with zero attached hydrogens (tertiary/aromatic N) is 3. The number of aliphatic hydroxyl groups is 1. The number of β-amino-alcohol motifs (C(OH)–C–C–N with tert-alkyl or cyclic N) is 1. The number of hydrogen-bond donors (Lipinski definition) is 2. The summed E-state index contributed by atoms with van der Waals surface area (Å²) in [7, 11) is 0. The van der Waals surface area contributed by atoms with Gasteiger partial charge in [-0.05, 0) is 0 Å². The Balaban J connectivity index is 2.02. The first-order valence-corrected chi connectivity index (χ1v) is 5.35. The highest BCUT2D eigenvalue weighted by molar-refractivity contribution is 5.76. The Hall–Kier alpha value is -1.40. The normalized spacial score (nSPS) is 25.0. The molecule has 16 heavy (non-hydrogen) atoms. The first-order valence-electron chi connectivity index (χ1n) is 5.35. The Kier molecular flexibility index (Phi) is 3.21. The summed E-state index contributed by atoms with van der Waals surface area (Å²) in [5.74, 6) is 0.00386. The first kappa shape index (κ1) is 11.1. The second-order valence-corrected chi connectivity index (χ2v) is 3.98. The van der Waals surface area contributed by atoms with E-state index in [1.165, 1.54) is 0 Å². The van der Waals surface area contributed by atoms with Crippen molar-refractivity contribution in [3.8, 4) is 0 Å². The van der Waals surface area contributed by atoms with Crippen LogP contribution in [0.4, 0.5) is 0 Å². The van der Waals surface area contributed by atoms with Crippen LogP contribution in [-0.2, 0) is 4.79 Å². The summed E-state index contributed by atoms with van der Waals surface area (Å²) in [4.78, 5) is 17.2. The smallest absolute Gasteiger partial charge is 0.224 e. The molecule has 2 rings (SSSR count). The largest absolute Gasteiger partial charge is 0.389 e. The molecule has 0 saturated carbocycles. The number of aliphatic hydroxyl groups excluding tert-OH is 1. The van der Waals surface area contributed by atoms with Crippen LogP contribution in [0.3, 0.4) is 0 Å². The van der Waals surface area contributed by atoms with Gasteiger partial charge in [-0.1, -0.05) is 0 Å². The SMILES string of the molecule is NCCC(=O)N1CC(O)C(n2ccnc2)C1. The lowest BCUT2D eigenvalue weighted by Crippen LogP contribution is -2.31. The Morgan fingerprint density at radius 3 is 3.00 bits per heavy atom. The quantitative estimate of drug-likeness (QED) is 0.688.